The van der Waals surface area contributed by atoms with Crippen LogP contribution < -0.4 is 11.1 Å². The fourth-order valence-corrected chi connectivity index (χ4v) is 2.47. The molecule has 1 amide bonds. The number of nitrogens with one attached hydrogen (secondary N) is 1. The number of hydrogen-bond donors (Lipinski definition) is 2. The molecule has 2 rings (SSSR count). The highest BCUT2D eigenvalue weighted by molar-refractivity contribution is 9.10. The fraction of sp³-hybridized carbons (Fsp3) is 0.167. The lowest BCUT2D eigenvalue weighted by Crippen LogP contribution is -2.26. The number of nitrogens with zero attached hydrogens (tertiary/aromatic N) is 1. The van der Waals surface area contributed by atoms with Crippen molar-refractivity contribution in [3.8, 4) is 0 Å². The zero-order valence-corrected chi connectivity index (χ0v) is 11.9. The minimum absolute atomic E-state index is 0.157. The van der Waals surface area contributed by atoms with Crippen LogP contribution in [-0.2, 0) is 6.42 Å². The maximum absolute atomic E-state index is 11.9. The minimum atomic E-state index is -0.157. The molecule has 94 valence electrons. The Morgan fingerprint density at radius 1 is 1.50 bits per heavy atom. The topological polar surface area (TPSA) is 68.0 Å². The average molecular weight is 326 g/mol. The van der Waals surface area contributed by atoms with E-state index in [0.717, 1.165) is 16.6 Å². The van der Waals surface area contributed by atoms with Gasteiger partial charge < -0.3 is 11.1 Å². The number of halogens is 1. The van der Waals surface area contributed by atoms with Gasteiger partial charge in [-0.05, 0) is 18.2 Å². The van der Waals surface area contributed by atoms with Crippen molar-refractivity contribution in [2.75, 3.05) is 12.3 Å². The number of hydrogen-bond acceptors (Lipinski definition) is 4. The van der Waals surface area contributed by atoms with Crippen LogP contribution in [0.25, 0.3) is 0 Å². The molecular formula is C12H12BrN3OS. The molecule has 0 saturated carbocycles. The summed E-state index contributed by atoms with van der Waals surface area (Å²) in [6.07, 6.45) is 0.728. The van der Waals surface area contributed by atoms with Gasteiger partial charge >= 0.3 is 0 Å². The molecule has 1 aromatic carbocycles. The third-order valence-electron chi connectivity index (χ3n) is 2.41. The van der Waals surface area contributed by atoms with E-state index < -0.39 is 0 Å². The van der Waals surface area contributed by atoms with E-state index in [0.29, 0.717) is 17.8 Å². The molecule has 2 aromatic rings. The van der Waals surface area contributed by atoms with Crippen molar-refractivity contribution in [2.24, 2.45) is 0 Å². The summed E-state index contributed by atoms with van der Waals surface area (Å²) >= 11 is 4.86. The lowest BCUT2D eigenvalue weighted by atomic mass is 10.1. The molecule has 3 N–H and O–H groups in total. The minimum Gasteiger partial charge on any atom is -0.398 e. The number of anilines is 1. The van der Waals surface area contributed by atoms with Crippen molar-refractivity contribution in [3.63, 3.8) is 0 Å². The van der Waals surface area contributed by atoms with E-state index in [1.165, 1.54) is 0 Å². The largest absolute Gasteiger partial charge is 0.398 e. The van der Waals surface area contributed by atoms with Gasteiger partial charge in [0.2, 0.25) is 0 Å². The molecule has 0 bridgehead atoms. The van der Waals surface area contributed by atoms with Crippen LogP contribution in [-0.4, -0.2) is 17.4 Å². The van der Waals surface area contributed by atoms with E-state index in [4.69, 9.17) is 5.73 Å². The Bertz CT molecular complexity index is 542. The summed E-state index contributed by atoms with van der Waals surface area (Å²) in [6, 6.07) is 5.22. The van der Waals surface area contributed by atoms with Crippen molar-refractivity contribution < 1.29 is 4.79 Å². The molecule has 1 aromatic heterocycles. The zero-order chi connectivity index (χ0) is 13.0. The summed E-state index contributed by atoms with van der Waals surface area (Å²) in [5.74, 6) is -0.157. The molecule has 0 aliphatic rings. The first-order valence-electron chi connectivity index (χ1n) is 5.37. The van der Waals surface area contributed by atoms with Crippen LogP contribution in [0.3, 0.4) is 0 Å². The number of benzene rings is 1. The highest BCUT2D eigenvalue weighted by Gasteiger charge is 2.09. The molecule has 0 unspecified atom stereocenters. The smallest absolute Gasteiger partial charge is 0.253 e. The number of thiazole rings is 1. The summed E-state index contributed by atoms with van der Waals surface area (Å²) < 4.78 is 0.860. The van der Waals surface area contributed by atoms with E-state index in [-0.39, 0.29) is 5.91 Å². The third kappa shape index (κ3) is 3.30. The molecule has 4 nitrogen and oxygen atoms in total. The molecule has 6 heteroatoms. The average Bonchev–Trinajstić information content (AvgIpc) is 2.81. The summed E-state index contributed by atoms with van der Waals surface area (Å²) in [5.41, 5.74) is 9.52. The Hall–Kier alpha value is -1.40. The molecule has 1 heterocycles. The summed E-state index contributed by atoms with van der Waals surface area (Å²) in [5, 5.41) is 4.80. The van der Waals surface area contributed by atoms with Gasteiger partial charge in [-0.2, -0.15) is 0 Å². The fourth-order valence-electron chi connectivity index (χ4n) is 1.50. The van der Waals surface area contributed by atoms with E-state index in [1.54, 1.807) is 35.0 Å². The summed E-state index contributed by atoms with van der Waals surface area (Å²) in [4.78, 5) is 16.0. The van der Waals surface area contributed by atoms with Crippen LogP contribution in [0.1, 0.15) is 16.1 Å². The second kappa shape index (κ2) is 5.97. The van der Waals surface area contributed by atoms with Gasteiger partial charge in [0.05, 0.1) is 16.8 Å². The second-order valence-corrected chi connectivity index (χ2v) is 5.35. The van der Waals surface area contributed by atoms with E-state index in [1.807, 2.05) is 5.38 Å². The quantitative estimate of drug-likeness (QED) is 0.848. The van der Waals surface area contributed by atoms with Crippen LogP contribution in [0.5, 0.6) is 0 Å². The molecule has 0 saturated heterocycles. The van der Waals surface area contributed by atoms with E-state index in [9.17, 15) is 4.79 Å². The summed E-state index contributed by atoms with van der Waals surface area (Å²) in [6.45, 7) is 0.554. The first kappa shape index (κ1) is 13.0. The van der Waals surface area contributed by atoms with Gasteiger partial charge in [-0.25, -0.2) is 4.98 Å². The van der Waals surface area contributed by atoms with Crippen molar-refractivity contribution in [1.82, 2.24) is 10.3 Å². The monoisotopic (exact) mass is 325 g/mol. The van der Waals surface area contributed by atoms with Crippen LogP contribution in [0, 0.1) is 0 Å². The normalized spacial score (nSPS) is 10.3. The number of nitrogen functional groups attached to an aromatic ring is 1. The standard InChI is InChI=1S/C12H12BrN3OS/c13-8-1-2-10(11(14)5-8)12(17)15-4-3-9-6-18-7-16-9/h1-2,5-7H,3-4,14H2,(H,15,17). The number of carbonyl (C=O) groups excluding carboxylic acids is 1. The highest BCUT2D eigenvalue weighted by atomic mass is 79.9. The maximum atomic E-state index is 11.9. The third-order valence-corrected chi connectivity index (χ3v) is 3.54. The number of aromatic nitrogens is 1. The lowest BCUT2D eigenvalue weighted by Gasteiger charge is -2.07. The van der Waals surface area contributed by atoms with Gasteiger partial charge in [0.1, 0.15) is 0 Å². The zero-order valence-electron chi connectivity index (χ0n) is 9.52. The van der Waals surface area contributed by atoms with Crippen molar-refractivity contribution in [2.45, 2.75) is 6.42 Å². The van der Waals surface area contributed by atoms with Crippen molar-refractivity contribution in [3.05, 3.63) is 44.8 Å². The Morgan fingerprint density at radius 3 is 3.00 bits per heavy atom. The van der Waals surface area contributed by atoms with Crippen LogP contribution >= 0.6 is 27.3 Å². The molecule has 0 fully saturated rings. The molecule has 0 atom stereocenters. The molecule has 18 heavy (non-hydrogen) atoms. The Kier molecular flexibility index (Phi) is 4.33. The Morgan fingerprint density at radius 2 is 2.33 bits per heavy atom. The highest BCUT2D eigenvalue weighted by Crippen LogP contribution is 2.18. The molecule has 0 spiro atoms. The van der Waals surface area contributed by atoms with Gasteiger partial charge in [-0.1, -0.05) is 15.9 Å². The van der Waals surface area contributed by atoms with Crippen LogP contribution in [0.4, 0.5) is 5.69 Å². The predicted octanol–water partition coefficient (Wildman–Crippen LogP) is 2.46. The first-order valence-corrected chi connectivity index (χ1v) is 7.10. The SMILES string of the molecule is Nc1cc(Br)ccc1C(=O)NCCc1cscn1. The predicted molar refractivity (Wildman–Crippen MR) is 76.7 cm³/mol. The van der Waals surface area contributed by atoms with Gasteiger partial charge in [-0.3, -0.25) is 4.79 Å². The second-order valence-electron chi connectivity index (χ2n) is 3.72. The van der Waals surface area contributed by atoms with E-state index in [2.05, 4.69) is 26.2 Å². The first-order chi connectivity index (χ1) is 8.66. The maximum Gasteiger partial charge on any atom is 0.253 e. The summed E-state index contributed by atoms with van der Waals surface area (Å²) in [7, 11) is 0. The van der Waals surface area contributed by atoms with Gasteiger partial charge in [0.25, 0.3) is 5.91 Å². The van der Waals surface area contributed by atoms with Crippen molar-refractivity contribution in [1.29, 1.82) is 0 Å². The number of nitrogens with two attached hydrogens (primary N) is 1. The Balaban J connectivity index is 1.91. The van der Waals surface area contributed by atoms with Gasteiger partial charge in [-0.15, -0.1) is 11.3 Å². The molecule has 0 radical (unpaired) electrons. The van der Waals surface area contributed by atoms with E-state index >= 15 is 0 Å². The number of rotatable bonds is 4. The van der Waals surface area contributed by atoms with Crippen molar-refractivity contribution >= 4 is 38.9 Å². The Labute approximate surface area is 117 Å². The lowest BCUT2D eigenvalue weighted by molar-refractivity contribution is 0.0955. The molecular weight excluding hydrogens is 314 g/mol. The number of carbonyl (C=O) groups is 1. The van der Waals surface area contributed by atoms with Crippen LogP contribution in [0.2, 0.25) is 0 Å². The van der Waals surface area contributed by atoms with Crippen LogP contribution in [0.15, 0.2) is 33.6 Å². The molecule has 0 aliphatic heterocycles. The van der Waals surface area contributed by atoms with Gasteiger partial charge in [0.15, 0.2) is 0 Å². The molecule has 0 aliphatic carbocycles. The number of amides is 1. The van der Waals surface area contributed by atoms with Gasteiger partial charge in [0, 0.05) is 28.5 Å².